The summed E-state index contributed by atoms with van der Waals surface area (Å²) < 4.78 is 19.0. The zero-order valence-electron chi connectivity index (χ0n) is 10.3. The van der Waals surface area contributed by atoms with Gasteiger partial charge in [0.15, 0.2) is 6.23 Å². The average molecular weight is 287 g/mol. The maximum absolute atomic E-state index is 12.9. The molecule has 1 aromatic heterocycles. The lowest BCUT2D eigenvalue weighted by Gasteiger charge is -2.16. The molecule has 0 aromatic carbocycles. The number of anilines is 1. The van der Waals surface area contributed by atoms with Crippen molar-refractivity contribution in [2.45, 2.75) is 25.0 Å². The van der Waals surface area contributed by atoms with Crippen LogP contribution in [-0.4, -0.2) is 43.7 Å². The third kappa shape index (κ3) is 2.31. The van der Waals surface area contributed by atoms with Crippen LogP contribution in [0.25, 0.3) is 0 Å². The lowest BCUT2D eigenvalue weighted by molar-refractivity contribution is -0.0448. The summed E-state index contributed by atoms with van der Waals surface area (Å²) in [6.07, 6.45) is -2.39. The van der Waals surface area contributed by atoms with Gasteiger partial charge in [-0.15, -0.1) is 0 Å². The maximum atomic E-state index is 12.9. The molecule has 0 spiro atoms. The molecule has 1 aliphatic rings. The Labute approximate surface area is 112 Å². The molecule has 8 nitrogen and oxygen atoms in total. The Morgan fingerprint density at radius 2 is 2.25 bits per heavy atom. The molecule has 2 rings (SSSR count). The Hall–Kier alpha value is -1.81. The first-order valence-corrected chi connectivity index (χ1v) is 5.76. The molecule has 9 heteroatoms. The summed E-state index contributed by atoms with van der Waals surface area (Å²) in [5, 5.41) is 27.9. The van der Waals surface area contributed by atoms with Gasteiger partial charge in [-0.2, -0.15) is 4.98 Å². The Bertz CT molecular complexity index is 588. The molecule has 0 bridgehead atoms. The molecule has 5 N–H and O–H groups in total. The molecule has 1 aliphatic heterocycles. The van der Waals surface area contributed by atoms with Gasteiger partial charge in [-0.3, -0.25) is 4.57 Å². The standard InChI is InChI=1S/C11H14FN3O5/c12-1-6-8(18)7(4-17)20-10(6)15-2-5(3-16)9(13)14-11(15)19/h1-2,7-8,10,16-18H,3-4H2,(H2,13,14,19)/b6-1-/t7-,8?,10-/m1/s1. The number of aliphatic hydroxyl groups excluding tert-OH is 3. The minimum atomic E-state index is -1.38. The summed E-state index contributed by atoms with van der Waals surface area (Å²) in [7, 11) is 0. The van der Waals surface area contributed by atoms with E-state index in [-0.39, 0.29) is 23.3 Å². The molecule has 0 saturated carbocycles. The lowest BCUT2D eigenvalue weighted by atomic mass is 10.1. The van der Waals surface area contributed by atoms with E-state index >= 15 is 0 Å². The normalized spacial score (nSPS) is 28.2. The van der Waals surface area contributed by atoms with Crippen LogP contribution in [0.3, 0.4) is 0 Å². The van der Waals surface area contributed by atoms with Crippen molar-refractivity contribution in [2.75, 3.05) is 12.3 Å². The minimum absolute atomic E-state index is 0.117. The fraction of sp³-hybridized carbons (Fsp3) is 0.455. The van der Waals surface area contributed by atoms with Crippen molar-refractivity contribution in [3.63, 3.8) is 0 Å². The Kier molecular flexibility index (Phi) is 4.14. The van der Waals surface area contributed by atoms with Gasteiger partial charge in [0.2, 0.25) is 0 Å². The molecule has 2 heterocycles. The van der Waals surface area contributed by atoms with E-state index in [9.17, 15) is 14.3 Å². The Balaban J connectivity index is 2.48. The van der Waals surface area contributed by atoms with Crippen LogP contribution in [0.1, 0.15) is 11.8 Å². The van der Waals surface area contributed by atoms with Gasteiger partial charge in [0.1, 0.15) is 18.0 Å². The van der Waals surface area contributed by atoms with Crippen molar-refractivity contribution in [1.29, 1.82) is 0 Å². The Morgan fingerprint density at radius 3 is 2.80 bits per heavy atom. The van der Waals surface area contributed by atoms with E-state index in [1.54, 1.807) is 0 Å². The monoisotopic (exact) mass is 287 g/mol. The van der Waals surface area contributed by atoms with Crippen molar-refractivity contribution in [2.24, 2.45) is 0 Å². The highest BCUT2D eigenvalue weighted by atomic mass is 19.1. The highest BCUT2D eigenvalue weighted by Crippen LogP contribution is 2.33. The van der Waals surface area contributed by atoms with E-state index in [1.807, 2.05) is 0 Å². The Morgan fingerprint density at radius 1 is 1.55 bits per heavy atom. The van der Waals surface area contributed by atoms with Crippen LogP contribution in [0.4, 0.5) is 10.2 Å². The molecule has 0 amide bonds. The quantitative estimate of drug-likeness (QED) is 0.527. The second-order valence-electron chi connectivity index (χ2n) is 4.26. The average Bonchev–Trinajstić information content (AvgIpc) is 2.75. The number of nitrogens with zero attached hydrogens (tertiary/aromatic N) is 2. The van der Waals surface area contributed by atoms with Gasteiger partial charge in [0, 0.05) is 17.3 Å². The van der Waals surface area contributed by atoms with Gasteiger partial charge in [-0.25, -0.2) is 9.18 Å². The first-order valence-electron chi connectivity index (χ1n) is 5.76. The van der Waals surface area contributed by atoms with Crippen LogP contribution in [0.5, 0.6) is 0 Å². The van der Waals surface area contributed by atoms with E-state index in [4.69, 9.17) is 20.7 Å². The third-order valence-electron chi connectivity index (χ3n) is 3.07. The number of hydrogen-bond donors (Lipinski definition) is 4. The van der Waals surface area contributed by atoms with Crippen molar-refractivity contribution < 1.29 is 24.4 Å². The lowest BCUT2D eigenvalue weighted by Crippen LogP contribution is -2.29. The second kappa shape index (κ2) is 5.67. The smallest absolute Gasteiger partial charge is 0.351 e. The number of aromatic nitrogens is 2. The maximum Gasteiger partial charge on any atom is 0.351 e. The van der Waals surface area contributed by atoms with Crippen LogP contribution < -0.4 is 11.4 Å². The third-order valence-corrected chi connectivity index (χ3v) is 3.07. The zero-order chi connectivity index (χ0) is 14.9. The first-order chi connectivity index (χ1) is 9.53. The van der Waals surface area contributed by atoms with E-state index in [0.29, 0.717) is 0 Å². The summed E-state index contributed by atoms with van der Waals surface area (Å²) in [5.74, 6) is -0.142. The highest BCUT2D eigenvalue weighted by molar-refractivity contribution is 5.36. The molecular weight excluding hydrogens is 273 g/mol. The van der Waals surface area contributed by atoms with E-state index in [1.165, 1.54) is 6.20 Å². The number of hydrogen-bond acceptors (Lipinski definition) is 7. The summed E-state index contributed by atoms with van der Waals surface area (Å²) in [4.78, 5) is 15.3. The second-order valence-corrected chi connectivity index (χ2v) is 4.26. The first kappa shape index (κ1) is 14.6. The van der Waals surface area contributed by atoms with Crippen LogP contribution in [-0.2, 0) is 11.3 Å². The number of nitrogen functional groups attached to an aromatic ring is 1. The molecule has 1 aromatic rings. The van der Waals surface area contributed by atoms with Gasteiger partial charge in [0.25, 0.3) is 0 Å². The number of halogens is 1. The summed E-state index contributed by atoms with van der Waals surface area (Å²) >= 11 is 0. The molecule has 3 atom stereocenters. The van der Waals surface area contributed by atoms with Crippen molar-refractivity contribution in [3.05, 3.63) is 34.1 Å². The number of aliphatic hydroxyl groups is 3. The fourth-order valence-electron chi connectivity index (χ4n) is 1.98. The molecule has 110 valence electrons. The zero-order valence-corrected chi connectivity index (χ0v) is 10.3. The van der Waals surface area contributed by atoms with Gasteiger partial charge < -0.3 is 25.8 Å². The van der Waals surface area contributed by atoms with Crippen LogP contribution in [0, 0.1) is 0 Å². The predicted molar refractivity (Wildman–Crippen MR) is 65.0 cm³/mol. The van der Waals surface area contributed by atoms with Gasteiger partial charge in [-0.05, 0) is 0 Å². The van der Waals surface area contributed by atoms with Crippen LogP contribution in [0.15, 0.2) is 22.9 Å². The van der Waals surface area contributed by atoms with Crippen molar-refractivity contribution >= 4 is 5.82 Å². The molecule has 1 fully saturated rings. The van der Waals surface area contributed by atoms with Gasteiger partial charge >= 0.3 is 5.69 Å². The molecule has 1 saturated heterocycles. The van der Waals surface area contributed by atoms with E-state index in [2.05, 4.69) is 4.98 Å². The molecule has 0 aliphatic carbocycles. The van der Waals surface area contributed by atoms with Gasteiger partial charge in [0.05, 0.1) is 19.5 Å². The van der Waals surface area contributed by atoms with E-state index < -0.39 is 37.3 Å². The van der Waals surface area contributed by atoms with E-state index in [0.717, 1.165) is 4.57 Å². The SMILES string of the molecule is Nc1nc(=O)n([C@@H]2O[C@H](CO)C(O)/C2=C/F)cc1CO. The largest absolute Gasteiger partial charge is 0.394 e. The summed E-state index contributed by atoms with van der Waals surface area (Å²) in [6, 6.07) is 0. The van der Waals surface area contributed by atoms with Crippen LogP contribution >= 0.6 is 0 Å². The fourth-order valence-corrected chi connectivity index (χ4v) is 1.98. The van der Waals surface area contributed by atoms with Crippen molar-refractivity contribution in [1.82, 2.24) is 9.55 Å². The predicted octanol–water partition coefficient (Wildman–Crippen LogP) is -1.58. The number of nitrogens with two attached hydrogens (primary N) is 1. The van der Waals surface area contributed by atoms with Crippen molar-refractivity contribution in [3.8, 4) is 0 Å². The molecular formula is C11H14FN3O5. The van der Waals surface area contributed by atoms with Crippen LogP contribution in [0.2, 0.25) is 0 Å². The summed E-state index contributed by atoms with van der Waals surface area (Å²) in [5.41, 5.74) is 4.56. The van der Waals surface area contributed by atoms with Gasteiger partial charge in [-0.1, -0.05) is 0 Å². The topological polar surface area (TPSA) is 131 Å². The molecule has 1 unspecified atom stereocenters. The highest BCUT2D eigenvalue weighted by Gasteiger charge is 2.40. The number of rotatable bonds is 3. The molecule has 0 radical (unpaired) electrons. The summed E-state index contributed by atoms with van der Waals surface area (Å²) in [6.45, 7) is -1.01. The minimum Gasteiger partial charge on any atom is -0.394 e. The number of ether oxygens (including phenoxy) is 1. The molecule has 20 heavy (non-hydrogen) atoms.